The maximum atomic E-state index is 12.7. The fourth-order valence-electron chi connectivity index (χ4n) is 3.53. The van der Waals surface area contributed by atoms with Gasteiger partial charge < -0.3 is 5.32 Å². The van der Waals surface area contributed by atoms with E-state index in [4.69, 9.17) is 0 Å². The summed E-state index contributed by atoms with van der Waals surface area (Å²) in [4.78, 5) is 22.6. The van der Waals surface area contributed by atoms with Crippen molar-refractivity contribution >= 4 is 11.6 Å². The molecule has 0 aliphatic carbocycles. The Kier molecular flexibility index (Phi) is 4.77. The zero-order valence-electron chi connectivity index (χ0n) is 15.7. The van der Waals surface area contributed by atoms with Gasteiger partial charge in [0.15, 0.2) is 0 Å². The summed E-state index contributed by atoms with van der Waals surface area (Å²) in [6, 6.07) is 16.4. The average molecular weight is 360 g/mol. The molecule has 5 heteroatoms. The van der Waals surface area contributed by atoms with Crippen LogP contribution in [0.15, 0.2) is 53.3 Å². The largest absolute Gasteiger partial charge is 0.325 e. The molecule has 4 rings (SSSR count). The summed E-state index contributed by atoms with van der Waals surface area (Å²) in [5.41, 5.74) is 6.23. The molecule has 5 nitrogen and oxygen atoms in total. The van der Waals surface area contributed by atoms with E-state index < -0.39 is 0 Å². The molecule has 0 saturated carbocycles. The minimum Gasteiger partial charge on any atom is -0.325 e. The fourth-order valence-corrected chi connectivity index (χ4v) is 3.53. The van der Waals surface area contributed by atoms with Gasteiger partial charge in [0, 0.05) is 31.7 Å². The molecule has 1 aliphatic rings. The van der Waals surface area contributed by atoms with E-state index in [9.17, 15) is 4.79 Å². The Morgan fingerprint density at radius 1 is 1.11 bits per heavy atom. The molecule has 3 aromatic rings. The second-order valence-electron chi connectivity index (χ2n) is 7.16. The monoisotopic (exact) mass is 360 g/mol. The van der Waals surface area contributed by atoms with Crippen molar-refractivity contribution in [2.24, 2.45) is 0 Å². The highest BCUT2D eigenvalue weighted by atomic mass is 16.1. The number of nitrogens with one attached hydrogen (secondary N) is 2. The molecule has 0 bridgehead atoms. The summed E-state index contributed by atoms with van der Waals surface area (Å²) >= 11 is 0. The Hall–Kier alpha value is -2.92. The number of benzene rings is 2. The van der Waals surface area contributed by atoms with Crippen LogP contribution in [0.2, 0.25) is 0 Å². The zero-order chi connectivity index (χ0) is 18.8. The third-order valence-electron chi connectivity index (χ3n) is 5.25. The van der Waals surface area contributed by atoms with Crippen molar-refractivity contribution < 1.29 is 0 Å². The second kappa shape index (κ2) is 7.37. The Morgan fingerprint density at radius 2 is 1.93 bits per heavy atom. The lowest BCUT2D eigenvalue weighted by Gasteiger charge is -2.27. The molecule has 1 aromatic heterocycles. The first-order valence-electron chi connectivity index (χ1n) is 9.32. The van der Waals surface area contributed by atoms with Gasteiger partial charge in [0.25, 0.3) is 5.56 Å². The van der Waals surface area contributed by atoms with Crippen molar-refractivity contribution in [3.05, 3.63) is 86.8 Å². The molecule has 0 fully saturated rings. The first-order chi connectivity index (χ1) is 13.1. The maximum Gasteiger partial charge on any atom is 0.257 e. The van der Waals surface area contributed by atoms with Crippen LogP contribution in [0.5, 0.6) is 0 Å². The zero-order valence-corrected chi connectivity index (χ0v) is 15.7. The molecule has 0 atom stereocenters. The third-order valence-corrected chi connectivity index (χ3v) is 5.25. The summed E-state index contributed by atoms with van der Waals surface area (Å²) in [6.07, 6.45) is 0.785. The van der Waals surface area contributed by atoms with Crippen LogP contribution in [0, 0.1) is 13.8 Å². The fraction of sp³-hybridized carbons (Fsp3) is 0.273. The van der Waals surface area contributed by atoms with E-state index >= 15 is 0 Å². The van der Waals surface area contributed by atoms with Gasteiger partial charge in [-0.2, -0.15) is 0 Å². The molecule has 27 heavy (non-hydrogen) atoms. The van der Waals surface area contributed by atoms with E-state index in [2.05, 4.69) is 52.2 Å². The predicted molar refractivity (Wildman–Crippen MR) is 108 cm³/mol. The highest BCUT2D eigenvalue weighted by Crippen LogP contribution is 2.22. The van der Waals surface area contributed by atoms with Gasteiger partial charge in [0.2, 0.25) is 5.95 Å². The molecule has 0 saturated heterocycles. The van der Waals surface area contributed by atoms with Crippen LogP contribution in [0.25, 0.3) is 0 Å². The Morgan fingerprint density at radius 3 is 2.74 bits per heavy atom. The molecular formula is C22H24N4O. The van der Waals surface area contributed by atoms with Gasteiger partial charge in [-0.15, -0.1) is 0 Å². The maximum absolute atomic E-state index is 12.7. The minimum atomic E-state index is -0.0504. The highest BCUT2D eigenvalue weighted by Gasteiger charge is 2.21. The SMILES string of the molecule is Cc1cccc(Nc2nc3c(c(=O)[nH]2)CN(Cc2ccccc2)CC3)c1C. The number of H-pyrrole nitrogens is 1. The molecule has 2 aromatic carbocycles. The van der Waals surface area contributed by atoms with Crippen LogP contribution < -0.4 is 10.9 Å². The van der Waals surface area contributed by atoms with E-state index in [1.807, 2.05) is 30.3 Å². The predicted octanol–water partition coefficient (Wildman–Crippen LogP) is 3.69. The number of rotatable bonds is 4. The second-order valence-corrected chi connectivity index (χ2v) is 7.16. The van der Waals surface area contributed by atoms with E-state index in [1.165, 1.54) is 11.1 Å². The van der Waals surface area contributed by atoms with E-state index in [0.29, 0.717) is 12.5 Å². The molecule has 138 valence electrons. The number of anilines is 2. The number of aromatic nitrogens is 2. The van der Waals surface area contributed by atoms with Gasteiger partial charge in [-0.3, -0.25) is 14.7 Å². The molecule has 0 unspecified atom stereocenters. The summed E-state index contributed by atoms with van der Waals surface area (Å²) in [6.45, 7) is 6.53. The molecule has 0 amide bonds. The average Bonchev–Trinajstić information content (AvgIpc) is 2.67. The normalized spacial score (nSPS) is 14.0. The lowest BCUT2D eigenvalue weighted by Crippen LogP contribution is -2.35. The van der Waals surface area contributed by atoms with Crippen molar-refractivity contribution in [2.75, 3.05) is 11.9 Å². The molecule has 0 radical (unpaired) electrons. The molecule has 2 heterocycles. The van der Waals surface area contributed by atoms with E-state index in [0.717, 1.165) is 42.0 Å². The molecule has 1 aliphatic heterocycles. The summed E-state index contributed by atoms with van der Waals surface area (Å²) < 4.78 is 0. The Balaban J connectivity index is 1.54. The standard InChI is InChI=1S/C22H24N4O/c1-15-7-6-10-19(16(15)2)23-22-24-20-11-12-26(14-18(20)21(27)25-22)13-17-8-4-3-5-9-17/h3-10H,11-14H2,1-2H3,(H2,23,24,25,27). The number of hydrogen-bond acceptors (Lipinski definition) is 4. The van der Waals surface area contributed by atoms with E-state index in [1.54, 1.807) is 0 Å². The van der Waals surface area contributed by atoms with Gasteiger partial charge in [-0.05, 0) is 36.6 Å². The van der Waals surface area contributed by atoms with Crippen LogP contribution >= 0.6 is 0 Å². The van der Waals surface area contributed by atoms with Crippen LogP contribution in [0.1, 0.15) is 27.9 Å². The van der Waals surface area contributed by atoms with Crippen molar-refractivity contribution in [3.63, 3.8) is 0 Å². The van der Waals surface area contributed by atoms with Gasteiger partial charge in [-0.25, -0.2) is 4.98 Å². The Labute approximate surface area is 159 Å². The summed E-state index contributed by atoms with van der Waals surface area (Å²) in [5.74, 6) is 0.518. The minimum absolute atomic E-state index is 0.0504. The van der Waals surface area contributed by atoms with Crippen molar-refractivity contribution in [3.8, 4) is 0 Å². The number of nitrogens with zero attached hydrogens (tertiary/aromatic N) is 2. The topological polar surface area (TPSA) is 61.0 Å². The lowest BCUT2D eigenvalue weighted by molar-refractivity contribution is 0.242. The van der Waals surface area contributed by atoms with Crippen LogP contribution in [-0.4, -0.2) is 21.4 Å². The van der Waals surface area contributed by atoms with E-state index in [-0.39, 0.29) is 5.56 Å². The van der Waals surface area contributed by atoms with Gasteiger partial charge in [-0.1, -0.05) is 42.5 Å². The number of aromatic amines is 1. The summed E-state index contributed by atoms with van der Waals surface area (Å²) in [7, 11) is 0. The summed E-state index contributed by atoms with van der Waals surface area (Å²) in [5, 5.41) is 3.27. The van der Waals surface area contributed by atoms with Crippen molar-refractivity contribution in [1.82, 2.24) is 14.9 Å². The van der Waals surface area contributed by atoms with Crippen LogP contribution in [0.3, 0.4) is 0 Å². The van der Waals surface area contributed by atoms with Crippen LogP contribution in [-0.2, 0) is 19.5 Å². The lowest BCUT2D eigenvalue weighted by atomic mass is 10.1. The number of aryl methyl sites for hydroxylation is 1. The van der Waals surface area contributed by atoms with Gasteiger partial charge >= 0.3 is 0 Å². The molecule has 0 spiro atoms. The van der Waals surface area contributed by atoms with Gasteiger partial charge in [0.05, 0.1) is 11.3 Å². The van der Waals surface area contributed by atoms with Gasteiger partial charge in [0.1, 0.15) is 0 Å². The first kappa shape index (κ1) is 17.5. The number of fused-ring (bicyclic) bond motifs is 1. The third kappa shape index (κ3) is 3.78. The quantitative estimate of drug-likeness (QED) is 0.745. The Bertz CT molecular complexity index is 1010. The van der Waals surface area contributed by atoms with Crippen molar-refractivity contribution in [1.29, 1.82) is 0 Å². The molecular weight excluding hydrogens is 336 g/mol. The van der Waals surface area contributed by atoms with Crippen LogP contribution in [0.4, 0.5) is 11.6 Å². The van der Waals surface area contributed by atoms with Crippen molar-refractivity contribution in [2.45, 2.75) is 33.4 Å². The smallest absolute Gasteiger partial charge is 0.257 e. The highest BCUT2D eigenvalue weighted by molar-refractivity contribution is 5.60. The first-order valence-corrected chi connectivity index (χ1v) is 9.32. The number of hydrogen-bond donors (Lipinski definition) is 2. The molecule has 2 N–H and O–H groups in total.